The number of fused-ring (bicyclic) bond motifs is 1. The summed E-state index contributed by atoms with van der Waals surface area (Å²) < 4.78 is 1.90. The van der Waals surface area contributed by atoms with Crippen LogP contribution in [0.3, 0.4) is 0 Å². The third kappa shape index (κ3) is 1.91. The molecule has 4 heteroatoms. The molecule has 0 unspecified atom stereocenters. The molecule has 3 aromatic rings. The van der Waals surface area contributed by atoms with Crippen molar-refractivity contribution < 1.29 is 4.79 Å². The number of benzene rings is 2. The highest BCUT2D eigenvalue weighted by Gasteiger charge is 2.12. The molecule has 0 aliphatic rings. The summed E-state index contributed by atoms with van der Waals surface area (Å²) in [5, 5.41) is 0.447. The highest BCUT2D eigenvalue weighted by molar-refractivity contribution is 6.33. The summed E-state index contributed by atoms with van der Waals surface area (Å²) in [5.74, 6) is 0. The lowest BCUT2D eigenvalue weighted by atomic mass is 10.1. The second-order valence-electron chi connectivity index (χ2n) is 4.83. The van der Waals surface area contributed by atoms with Crippen LogP contribution < -0.4 is 0 Å². The largest absolute Gasteiger partial charge is 0.298 e. The van der Waals surface area contributed by atoms with E-state index in [4.69, 9.17) is 11.6 Å². The molecule has 3 rings (SSSR count). The second-order valence-corrected chi connectivity index (χ2v) is 5.24. The minimum absolute atomic E-state index is 0.447. The molecule has 1 heterocycles. The van der Waals surface area contributed by atoms with Crippen LogP contribution in [-0.2, 0) is 0 Å². The number of carbonyl (C=O) groups excluding carboxylic acids is 1. The normalized spacial score (nSPS) is 10.9. The van der Waals surface area contributed by atoms with E-state index in [0.29, 0.717) is 10.6 Å². The van der Waals surface area contributed by atoms with Crippen molar-refractivity contribution in [3.63, 3.8) is 0 Å². The zero-order valence-electron chi connectivity index (χ0n) is 11.2. The molecule has 3 nitrogen and oxygen atoms in total. The number of imidazole rings is 1. The molecule has 0 atom stereocenters. The maximum Gasteiger partial charge on any atom is 0.153 e. The first-order valence-electron chi connectivity index (χ1n) is 6.30. The van der Waals surface area contributed by atoms with Crippen LogP contribution in [0.25, 0.3) is 16.7 Å². The molecule has 0 aliphatic carbocycles. The SMILES string of the molecule is Cc1cc2ncn(-c3cccc(Cl)c3C=O)c2cc1C. The summed E-state index contributed by atoms with van der Waals surface area (Å²) in [6.07, 6.45) is 2.51. The van der Waals surface area contributed by atoms with E-state index in [1.165, 1.54) is 11.1 Å². The van der Waals surface area contributed by atoms with Gasteiger partial charge in [0.25, 0.3) is 0 Å². The van der Waals surface area contributed by atoms with E-state index in [1.807, 2.05) is 22.8 Å². The van der Waals surface area contributed by atoms with Crippen molar-refractivity contribution in [3.05, 3.63) is 58.4 Å². The van der Waals surface area contributed by atoms with Gasteiger partial charge in [0, 0.05) is 0 Å². The van der Waals surface area contributed by atoms with Gasteiger partial charge in [-0.2, -0.15) is 0 Å². The Labute approximate surface area is 121 Å². The van der Waals surface area contributed by atoms with Gasteiger partial charge in [-0.25, -0.2) is 4.98 Å². The number of aldehydes is 1. The van der Waals surface area contributed by atoms with Gasteiger partial charge in [-0.1, -0.05) is 17.7 Å². The summed E-state index contributed by atoms with van der Waals surface area (Å²) in [5.41, 5.74) is 5.49. The van der Waals surface area contributed by atoms with Gasteiger partial charge in [-0.15, -0.1) is 0 Å². The topological polar surface area (TPSA) is 34.9 Å². The smallest absolute Gasteiger partial charge is 0.153 e. The molecule has 0 radical (unpaired) electrons. The van der Waals surface area contributed by atoms with Gasteiger partial charge in [0.15, 0.2) is 6.29 Å². The lowest BCUT2D eigenvalue weighted by molar-refractivity contribution is 0.112. The Morgan fingerprint density at radius 3 is 2.70 bits per heavy atom. The van der Waals surface area contributed by atoms with Crippen molar-refractivity contribution in [1.29, 1.82) is 0 Å². The van der Waals surface area contributed by atoms with Crippen LogP contribution >= 0.6 is 11.6 Å². The molecule has 100 valence electrons. The molecule has 0 saturated heterocycles. The van der Waals surface area contributed by atoms with E-state index in [1.54, 1.807) is 12.4 Å². The zero-order valence-corrected chi connectivity index (χ0v) is 12.0. The molecular formula is C16H13ClN2O. The fourth-order valence-corrected chi connectivity index (χ4v) is 2.52. The molecule has 20 heavy (non-hydrogen) atoms. The number of carbonyl (C=O) groups is 1. The molecule has 0 fully saturated rings. The van der Waals surface area contributed by atoms with Crippen molar-refractivity contribution in [1.82, 2.24) is 9.55 Å². The van der Waals surface area contributed by atoms with E-state index in [-0.39, 0.29) is 0 Å². The van der Waals surface area contributed by atoms with Gasteiger partial charge in [0.2, 0.25) is 0 Å². The van der Waals surface area contributed by atoms with E-state index in [2.05, 4.69) is 24.9 Å². The summed E-state index contributed by atoms with van der Waals surface area (Å²) in [6.45, 7) is 4.12. The summed E-state index contributed by atoms with van der Waals surface area (Å²) in [6, 6.07) is 9.53. The average Bonchev–Trinajstić information content (AvgIpc) is 2.81. The van der Waals surface area contributed by atoms with E-state index < -0.39 is 0 Å². The van der Waals surface area contributed by atoms with Crippen molar-refractivity contribution in [2.75, 3.05) is 0 Å². The number of aromatic nitrogens is 2. The number of hydrogen-bond donors (Lipinski definition) is 0. The lowest BCUT2D eigenvalue weighted by Crippen LogP contribution is -1.98. The Morgan fingerprint density at radius 1 is 1.20 bits per heavy atom. The van der Waals surface area contributed by atoms with Crippen LogP contribution in [0.4, 0.5) is 0 Å². The Bertz CT molecular complexity index is 821. The van der Waals surface area contributed by atoms with Crippen molar-refractivity contribution in [2.45, 2.75) is 13.8 Å². The molecule has 1 aromatic heterocycles. The maximum atomic E-state index is 11.3. The Kier molecular flexibility index (Phi) is 3.07. The first-order valence-corrected chi connectivity index (χ1v) is 6.68. The quantitative estimate of drug-likeness (QED) is 0.664. The molecule has 0 spiro atoms. The fourth-order valence-electron chi connectivity index (χ4n) is 2.31. The Hall–Kier alpha value is -2.13. The van der Waals surface area contributed by atoms with E-state index in [0.717, 1.165) is 23.0 Å². The van der Waals surface area contributed by atoms with Crippen LogP contribution in [0, 0.1) is 13.8 Å². The first-order chi connectivity index (χ1) is 9.61. The summed E-state index contributed by atoms with van der Waals surface area (Å²) in [4.78, 5) is 15.7. The minimum atomic E-state index is 0.447. The van der Waals surface area contributed by atoms with Crippen LogP contribution in [0.2, 0.25) is 5.02 Å². The molecule has 0 amide bonds. The third-order valence-electron chi connectivity index (χ3n) is 3.57. The zero-order chi connectivity index (χ0) is 14.3. The molecule has 0 N–H and O–H groups in total. The van der Waals surface area contributed by atoms with Crippen molar-refractivity contribution >= 4 is 28.9 Å². The second kappa shape index (κ2) is 4.76. The Morgan fingerprint density at radius 2 is 1.95 bits per heavy atom. The number of halogens is 1. The van der Waals surface area contributed by atoms with Crippen LogP contribution in [0.15, 0.2) is 36.7 Å². The molecule has 0 bridgehead atoms. The summed E-state index contributed by atoms with van der Waals surface area (Å²) in [7, 11) is 0. The van der Waals surface area contributed by atoms with Gasteiger partial charge in [0.05, 0.1) is 27.3 Å². The van der Waals surface area contributed by atoms with Gasteiger partial charge in [-0.3, -0.25) is 9.36 Å². The molecule has 0 aliphatic heterocycles. The third-order valence-corrected chi connectivity index (χ3v) is 3.90. The maximum absolute atomic E-state index is 11.3. The van der Waals surface area contributed by atoms with Gasteiger partial charge in [-0.05, 0) is 49.2 Å². The standard InChI is InChI=1S/C16H13ClN2O/c1-10-6-14-16(7-11(10)2)19(9-18-14)15-5-3-4-13(17)12(15)8-20/h3-9H,1-2H3. The highest BCUT2D eigenvalue weighted by Crippen LogP contribution is 2.26. The predicted molar refractivity (Wildman–Crippen MR) is 80.9 cm³/mol. The molecule has 2 aromatic carbocycles. The number of hydrogen-bond acceptors (Lipinski definition) is 2. The lowest BCUT2D eigenvalue weighted by Gasteiger charge is -2.09. The van der Waals surface area contributed by atoms with Gasteiger partial charge < -0.3 is 0 Å². The van der Waals surface area contributed by atoms with Crippen LogP contribution in [0.5, 0.6) is 0 Å². The fraction of sp³-hybridized carbons (Fsp3) is 0.125. The first kappa shape index (κ1) is 12.9. The Balaban J connectivity index is 2.33. The van der Waals surface area contributed by atoms with Gasteiger partial charge >= 0.3 is 0 Å². The van der Waals surface area contributed by atoms with Crippen molar-refractivity contribution in [3.8, 4) is 5.69 Å². The average molecular weight is 285 g/mol. The van der Waals surface area contributed by atoms with Crippen LogP contribution in [0.1, 0.15) is 21.5 Å². The van der Waals surface area contributed by atoms with E-state index in [9.17, 15) is 4.79 Å². The molecule has 0 saturated carbocycles. The monoisotopic (exact) mass is 284 g/mol. The minimum Gasteiger partial charge on any atom is -0.298 e. The van der Waals surface area contributed by atoms with E-state index >= 15 is 0 Å². The number of rotatable bonds is 2. The summed E-state index contributed by atoms with van der Waals surface area (Å²) >= 11 is 6.09. The molecular weight excluding hydrogens is 272 g/mol. The van der Waals surface area contributed by atoms with Gasteiger partial charge in [0.1, 0.15) is 6.33 Å². The van der Waals surface area contributed by atoms with Crippen LogP contribution in [-0.4, -0.2) is 15.8 Å². The predicted octanol–water partition coefficient (Wildman–Crippen LogP) is 4.11. The highest BCUT2D eigenvalue weighted by atomic mass is 35.5. The number of nitrogens with zero attached hydrogens (tertiary/aromatic N) is 2. The van der Waals surface area contributed by atoms with Crippen molar-refractivity contribution in [2.24, 2.45) is 0 Å². The number of aryl methyl sites for hydroxylation is 2.